The smallest absolute Gasteiger partial charge is 0.262 e. The van der Waals surface area contributed by atoms with Crippen LogP contribution in [0, 0.1) is 13.8 Å². The first-order valence-corrected chi connectivity index (χ1v) is 8.23. The number of hydrogen-bond acceptors (Lipinski definition) is 3. The average molecular weight is 355 g/mol. The topological polar surface area (TPSA) is 72.2 Å². The summed E-state index contributed by atoms with van der Waals surface area (Å²) < 4.78 is 28.2. The van der Waals surface area contributed by atoms with Gasteiger partial charge in [0.2, 0.25) is 0 Å². The summed E-state index contributed by atoms with van der Waals surface area (Å²) in [6.07, 6.45) is 0. The van der Waals surface area contributed by atoms with Crippen molar-refractivity contribution in [2.24, 2.45) is 0 Å². The fraction of sp³-hybridized carbons (Fsp3) is 0.143. The van der Waals surface area contributed by atoms with E-state index < -0.39 is 10.0 Å². The SMILES string of the molecule is Cc1cc(N)ccc1S(=O)(=O)Nc1cccc(C)c1Br. The van der Waals surface area contributed by atoms with Gasteiger partial charge in [-0.25, -0.2) is 8.42 Å². The van der Waals surface area contributed by atoms with Gasteiger partial charge >= 0.3 is 0 Å². The van der Waals surface area contributed by atoms with Crippen molar-refractivity contribution in [2.45, 2.75) is 18.7 Å². The molecule has 0 atom stereocenters. The zero-order valence-electron chi connectivity index (χ0n) is 11.1. The van der Waals surface area contributed by atoms with Gasteiger partial charge < -0.3 is 5.73 Å². The van der Waals surface area contributed by atoms with Crippen LogP contribution in [0.1, 0.15) is 11.1 Å². The average Bonchev–Trinajstić information content (AvgIpc) is 2.34. The van der Waals surface area contributed by atoms with Gasteiger partial charge in [-0.2, -0.15) is 0 Å². The summed E-state index contributed by atoms with van der Waals surface area (Å²) in [5.41, 5.74) is 8.27. The van der Waals surface area contributed by atoms with Gasteiger partial charge in [0.05, 0.1) is 10.6 Å². The molecule has 20 heavy (non-hydrogen) atoms. The molecule has 0 fully saturated rings. The van der Waals surface area contributed by atoms with Crippen LogP contribution in [-0.4, -0.2) is 8.42 Å². The van der Waals surface area contributed by atoms with Crippen molar-refractivity contribution in [3.05, 3.63) is 52.0 Å². The molecule has 4 nitrogen and oxygen atoms in total. The number of aryl methyl sites for hydroxylation is 2. The fourth-order valence-electron chi connectivity index (χ4n) is 1.90. The molecule has 6 heteroatoms. The molecule has 3 N–H and O–H groups in total. The maximum Gasteiger partial charge on any atom is 0.262 e. The number of anilines is 2. The van der Waals surface area contributed by atoms with E-state index in [2.05, 4.69) is 20.7 Å². The molecular formula is C14H15BrN2O2S. The number of nitrogens with two attached hydrogens (primary N) is 1. The van der Waals surface area contributed by atoms with Gasteiger partial charge in [0.15, 0.2) is 0 Å². The first kappa shape index (κ1) is 14.9. The summed E-state index contributed by atoms with van der Waals surface area (Å²) in [7, 11) is -3.64. The number of nitrogen functional groups attached to an aromatic ring is 1. The highest BCUT2D eigenvalue weighted by molar-refractivity contribution is 9.10. The molecule has 0 heterocycles. The lowest BCUT2D eigenvalue weighted by molar-refractivity contribution is 0.600. The first-order chi connectivity index (χ1) is 9.31. The predicted octanol–water partition coefficient (Wildman–Crippen LogP) is 3.45. The summed E-state index contributed by atoms with van der Waals surface area (Å²) in [6, 6.07) is 10.1. The van der Waals surface area contributed by atoms with Gasteiger partial charge in [-0.1, -0.05) is 12.1 Å². The van der Waals surface area contributed by atoms with E-state index in [1.807, 2.05) is 13.0 Å². The quantitative estimate of drug-likeness (QED) is 0.829. The molecular weight excluding hydrogens is 340 g/mol. The van der Waals surface area contributed by atoms with Crippen LogP contribution in [0.5, 0.6) is 0 Å². The van der Waals surface area contributed by atoms with Gasteiger partial charge in [-0.15, -0.1) is 0 Å². The second-order valence-corrected chi connectivity index (χ2v) is 7.01. The van der Waals surface area contributed by atoms with E-state index in [4.69, 9.17) is 5.73 Å². The molecule has 0 amide bonds. The number of halogens is 1. The number of benzene rings is 2. The molecule has 0 saturated heterocycles. The lowest BCUT2D eigenvalue weighted by Gasteiger charge is -2.13. The minimum absolute atomic E-state index is 0.222. The molecule has 2 aromatic carbocycles. The van der Waals surface area contributed by atoms with Crippen molar-refractivity contribution in [1.82, 2.24) is 0 Å². The van der Waals surface area contributed by atoms with Crippen LogP contribution in [0.2, 0.25) is 0 Å². The van der Waals surface area contributed by atoms with E-state index in [-0.39, 0.29) is 4.90 Å². The summed E-state index contributed by atoms with van der Waals surface area (Å²) >= 11 is 3.39. The summed E-state index contributed by atoms with van der Waals surface area (Å²) in [5, 5.41) is 0. The van der Waals surface area contributed by atoms with Crippen LogP contribution in [0.3, 0.4) is 0 Å². The molecule has 0 bridgehead atoms. The zero-order valence-corrected chi connectivity index (χ0v) is 13.5. The molecule has 0 spiro atoms. The standard InChI is InChI=1S/C14H15BrN2O2S/c1-9-4-3-5-12(14(9)15)17-20(18,19)13-7-6-11(16)8-10(13)2/h3-8,17H,16H2,1-2H3. The van der Waals surface area contributed by atoms with Gasteiger partial charge in [-0.05, 0) is 65.2 Å². The molecule has 2 rings (SSSR count). The Kier molecular flexibility index (Phi) is 4.06. The minimum atomic E-state index is -3.64. The highest BCUT2D eigenvalue weighted by atomic mass is 79.9. The molecule has 0 aromatic heterocycles. The third-order valence-electron chi connectivity index (χ3n) is 2.92. The fourth-order valence-corrected chi connectivity index (χ4v) is 3.69. The van der Waals surface area contributed by atoms with Crippen LogP contribution < -0.4 is 10.5 Å². The lowest BCUT2D eigenvalue weighted by Crippen LogP contribution is -2.15. The van der Waals surface area contributed by atoms with Crippen LogP contribution in [0.15, 0.2) is 45.8 Å². The zero-order chi connectivity index (χ0) is 14.9. The van der Waals surface area contributed by atoms with E-state index in [9.17, 15) is 8.42 Å². The van der Waals surface area contributed by atoms with E-state index in [0.717, 1.165) is 10.0 Å². The molecule has 0 aliphatic carbocycles. The van der Waals surface area contributed by atoms with Crippen molar-refractivity contribution in [3.8, 4) is 0 Å². The molecule has 0 radical (unpaired) electrons. The van der Waals surface area contributed by atoms with E-state index in [1.165, 1.54) is 6.07 Å². The minimum Gasteiger partial charge on any atom is -0.399 e. The Bertz CT molecular complexity index is 758. The Morgan fingerprint density at radius 1 is 1.10 bits per heavy atom. The molecule has 0 unspecified atom stereocenters. The highest BCUT2D eigenvalue weighted by Crippen LogP contribution is 2.28. The van der Waals surface area contributed by atoms with Crippen LogP contribution in [0.25, 0.3) is 0 Å². The van der Waals surface area contributed by atoms with Crippen LogP contribution in [-0.2, 0) is 10.0 Å². The second-order valence-electron chi connectivity index (χ2n) is 4.57. The van der Waals surface area contributed by atoms with E-state index in [0.29, 0.717) is 16.9 Å². The molecule has 0 aliphatic heterocycles. The first-order valence-electron chi connectivity index (χ1n) is 5.95. The second kappa shape index (κ2) is 5.46. The maximum absolute atomic E-state index is 12.4. The number of sulfonamides is 1. The van der Waals surface area contributed by atoms with Gasteiger partial charge in [0.25, 0.3) is 10.0 Å². The molecule has 2 aromatic rings. The number of nitrogens with one attached hydrogen (secondary N) is 1. The van der Waals surface area contributed by atoms with E-state index >= 15 is 0 Å². The Morgan fingerprint density at radius 2 is 1.80 bits per heavy atom. The summed E-state index contributed by atoms with van der Waals surface area (Å²) in [4.78, 5) is 0.222. The molecule has 0 aliphatic rings. The van der Waals surface area contributed by atoms with E-state index in [1.54, 1.807) is 31.2 Å². The Balaban J connectivity index is 2.44. The maximum atomic E-state index is 12.4. The largest absolute Gasteiger partial charge is 0.399 e. The Hall–Kier alpha value is -1.53. The number of hydrogen-bond donors (Lipinski definition) is 2. The Morgan fingerprint density at radius 3 is 2.45 bits per heavy atom. The van der Waals surface area contributed by atoms with Crippen molar-refractivity contribution < 1.29 is 8.42 Å². The normalized spacial score (nSPS) is 11.3. The van der Waals surface area contributed by atoms with Gasteiger partial charge in [0, 0.05) is 10.2 Å². The summed E-state index contributed by atoms with van der Waals surface area (Å²) in [5.74, 6) is 0. The van der Waals surface area contributed by atoms with Crippen molar-refractivity contribution >= 4 is 37.3 Å². The monoisotopic (exact) mass is 354 g/mol. The highest BCUT2D eigenvalue weighted by Gasteiger charge is 2.18. The Labute approximate surface area is 127 Å². The van der Waals surface area contributed by atoms with Crippen molar-refractivity contribution in [3.63, 3.8) is 0 Å². The van der Waals surface area contributed by atoms with Crippen molar-refractivity contribution in [2.75, 3.05) is 10.5 Å². The number of rotatable bonds is 3. The molecule has 106 valence electrons. The van der Waals surface area contributed by atoms with Crippen LogP contribution >= 0.6 is 15.9 Å². The predicted molar refractivity (Wildman–Crippen MR) is 85.3 cm³/mol. The van der Waals surface area contributed by atoms with Crippen LogP contribution in [0.4, 0.5) is 11.4 Å². The van der Waals surface area contributed by atoms with Gasteiger partial charge in [-0.3, -0.25) is 4.72 Å². The van der Waals surface area contributed by atoms with Crippen molar-refractivity contribution in [1.29, 1.82) is 0 Å². The van der Waals surface area contributed by atoms with Gasteiger partial charge in [0.1, 0.15) is 0 Å². The molecule has 0 saturated carbocycles. The lowest BCUT2D eigenvalue weighted by atomic mass is 10.2. The third kappa shape index (κ3) is 2.96. The summed E-state index contributed by atoms with van der Waals surface area (Å²) in [6.45, 7) is 3.62. The third-order valence-corrected chi connectivity index (χ3v) is 5.50.